The van der Waals surface area contributed by atoms with Gasteiger partial charge in [0, 0.05) is 61.0 Å². The van der Waals surface area contributed by atoms with E-state index in [0.29, 0.717) is 12.8 Å². The van der Waals surface area contributed by atoms with Crippen molar-refractivity contribution in [3.05, 3.63) is 35.9 Å². The summed E-state index contributed by atoms with van der Waals surface area (Å²) in [5, 5.41) is 8.09. The largest absolute Gasteiger partial charge is 0.508 e. The molecule has 1 aromatic rings. The number of methoxy groups -OCH3 is 1. The lowest BCUT2D eigenvalue weighted by Gasteiger charge is -2.44. The molecule has 10 atom stereocenters. The summed E-state index contributed by atoms with van der Waals surface area (Å²) in [5.41, 5.74) is 0.741. The van der Waals surface area contributed by atoms with E-state index in [1.165, 1.54) is 21.0 Å². The number of phosphoric acid groups is 1. The molecular formula is C35H52N3O18P. The minimum Gasteiger partial charge on any atom is -0.463 e. The van der Waals surface area contributed by atoms with Crippen LogP contribution in [-0.2, 0) is 77.3 Å². The van der Waals surface area contributed by atoms with Gasteiger partial charge < -0.3 is 58.7 Å². The summed E-state index contributed by atoms with van der Waals surface area (Å²) in [6.45, 7) is 4.15. The molecule has 1 saturated carbocycles. The van der Waals surface area contributed by atoms with E-state index < -0.39 is 98.6 Å². The van der Waals surface area contributed by atoms with Crippen LogP contribution in [0.25, 0.3) is 0 Å². The normalized spacial score (nSPS) is 26.5. The molecule has 2 unspecified atom stereocenters. The lowest BCUT2D eigenvalue weighted by molar-refractivity contribution is -0.277. The fourth-order valence-electron chi connectivity index (χ4n) is 6.25. The third-order valence-electron chi connectivity index (χ3n) is 8.64. The average Bonchev–Trinajstić information content (AvgIpc) is 3.46. The van der Waals surface area contributed by atoms with Crippen LogP contribution >= 0.6 is 7.82 Å². The maximum Gasteiger partial charge on any atom is 0.508 e. The first-order valence-electron chi connectivity index (χ1n) is 18.0. The Kier molecular flexibility index (Phi) is 19.1. The molecule has 57 heavy (non-hydrogen) atoms. The van der Waals surface area contributed by atoms with E-state index in [1.54, 1.807) is 24.3 Å². The van der Waals surface area contributed by atoms with Crippen molar-refractivity contribution in [3.63, 3.8) is 0 Å². The number of unbranched alkanes of at least 4 members (excludes halogenated alkanes) is 1. The molecule has 1 heterocycles. The van der Waals surface area contributed by atoms with Gasteiger partial charge in [0.25, 0.3) is 0 Å². The molecule has 21 nitrogen and oxygen atoms in total. The van der Waals surface area contributed by atoms with Crippen molar-refractivity contribution >= 4 is 43.8 Å². The van der Waals surface area contributed by atoms with Crippen LogP contribution in [0.3, 0.4) is 0 Å². The van der Waals surface area contributed by atoms with Crippen LogP contribution in [0, 0.1) is 5.92 Å². The van der Waals surface area contributed by atoms with E-state index in [-0.39, 0.29) is 39.4 Å². The Labute approximate surface area is 329 Å². The quantitative estimate of drug-likeness (QED) is 0.0629. The van der Waals surface area contributed by atoms with Gasteiger partial charge in [0.05, 0.1) is 6.04 Å². The summed E-state index contributed by atoms with van der Waals surface area (Å²) < 4.78 is 66.1. The third-order valence-corrected chi connectivity index (χ3v) is 9.61. The highest BCUT2D eigenvalue weighted by Gasteiger charge is 2.52. The summed E-state index contributed by atoms with van der Waals surface area (Å²) in [7, 11) is -2.21. The maximum atomic E-state index is 12.9. The van der Waals surface area contributed by atoms with E-state index in [1.807, 2.05) is 6.07 Å². The standard InChI is InChI=1S/C35H52N3O18P/c1-20(39)37-28-32(54-23(4)42)31(53-22(3)41)27(19-50-21(2)40)55-33(28)49-15-11-10-14-36-34(43)38-26-16-25(29(30(26)47-5)56-57(45,46)48-6)18-52-35(44)51-17-24-12-8-7-9-13-24/h7-9,12-13,25-33H,10-11,14-19H2,1-6H3,(H,37,39)(H,45,46)(H2,36,38,43)/t25-,26+,27-,28-,29?,30-,31+,32-,33-/m1/s1. The first-order valence-corrected chi connectivity index (χ1v) is 19.5. The number of urea groups is 1. The Bertz CT molecular complexity index is 1550. The maximum absolute atomic E-state index is 12.9. The molecule has 1 aliphatic heterocycles. The van der Waals surface area contributed by atoms with Crippen LogP contribution in [0.2, 0.25) is 0 Å². The van der Waals surface area contributed by atoms with Crippen LogP contribution in [0.4, 0.5) is 9.59 Å². The van der Waals surface area contributed by atoms with Gasteiger partial charge in [-0.25, -0.2) is 14.2 Å². The van der Waals surface area contributed by atoms with E-state index in [2.05, 4.69) is 20.5 Å². The Morgan fingerprint density at radius 2 is 1.51 bits per heavy atom. The molecule has 22 heteroatoms. The van der Waals surface area contributed by atoms with Gasteiger partial charge in [0.1, 0.15) is 44.2 Å². The molecule has 2 fully saturated rings. The topological polar surface area (TPSA) is 268 Å². The van der Waals surface area contributed by atoms with Crippen LogP contribution in [0.5, 0.6) is 0 Å². The lowest BCUT2D eigenvalue weighted by Crippen LogP contribution is -2.66. The molecule has 320 valence electrons. The van der Waals surface area contributed by atoms with Crippen molar-refractivity contribution in [1.29, 1.82) is 0 Å². The number of carbonyl (C=O) groups excluding carboxylic acids is 6. The molecule has 2 aliphatic rings. The number of rotatable bonds is 20. The van der Waals surface area contributed by atoms with Gasteiger partial charge >= 0.3 is 37.9 Å². The summed E-state index contributed by atoms with van der Waals surface area (Å²) in [6.07, 6.45) is -7.06. The fourth-order valence-corrected chi connectivity index (χ4v) is 6.94. The molecule has 0 aromatic heterocycles. The Hall–Kier alpha value is -4.37. The molecule has 0 spiro atoms. The van der Waals surface area contributed by atoms with Gasteiger partial charge in [-0.1, -0.05) is 30.3 Å². The van der Waals surface area contributed by atoms with Gasteiger partial charge in [-0.2, -0.15) is 0 Å². The second-order valence-electron chi connectivity index (χ2n) is 13.1. The van der Waals surface area contributed by atoms with Gasteiger partial charge in [-0.15, -0.1) is 0 Å². The van der Waals surface area contributed by atoms with Crippen molar-refractivity contribution in [2.45, 2.75) is 102 Å². The van der Waals surface area contributed by atoms with Crippen LogP contribution in [0.1, 0.15) is 52.5 Å². The second-order valence-corrected chi connectivity index (χ2v) is 14.6. The Morgan fingerprint density at radius 3 is 2.12 bits per heavy atom. The number of esters is 3. The van der Waals surface area contributed by atoms with E-state index in [0.717, 1.165) is 26.5 Å². The second kappa shape index (κ2) is 23.1. The first-order chi connectivity index (χ1) is 27.0. The zero-order valence-electron chi connectivity index (χ0n) is 32.6. The number of carbonyl (C=O) groups is 6. The number of ether oxygens (including phenoxy) is 8. The molecule has 4 N–H and O–H groups in total. The summed E-state index contributed by atoms with van der Waals surface area (Å²) in [6, 6.07) is 6.46. The molecular weight excluding hydrogens is 781 g/mol. The number of phosphoric ester groups is 1. The number of hydrogen-bond acceptors (Lipinski definition) is 17. The highest BCUT2D eigenvalue weighted by Crippen LogP contribution is 2.48. The Morgan fingerprint density at radius 1 is 0.825 bits per heavy atom. The van der Waals surface area contributed by atoms with Crippen molar-refractivity contribution in [2.75, 3.05) is 40.6 Å². The van der Waals surface area contributed by atoms with Gasteiger partial charge in [-0.3, -0.25) is 28.2 Å². The smallest absolute Gasteiger partial charge is 0.463 e. The molecule has 1 aliphatic carbocycles. The monoisotopic (exact) mass is 833 g/mol. The third kappa shape index (κ3) is 15.8. The molecule has 0 bridgehead atoms. The number of amides is 3. The van der Waals surface area contributed by atoms with E-state index in [4.69, 9.17) is 42.4 Å². The summed E-state index contributed by atoms with van der Waals surface area (Å²) >= 11 is 0. The van der Waals surface area contributed by atoms with Gasteiger partial charge in [0.2, 0.25) is 5.91 Å². The number of benzene rings is 1. The van der Waals surface area contributed by atoms with Crippen molar-refractivity contribution < 1.29 is 85.2 Å². The van der Waals surface area contributed by atoms with Crippen LogP contribution < -0.4 is 16.0 Å². The molecule has 1 aromatic carbocycles. The van der Waals surface area contributed by atoms with Crippen LogP contribution in [-0.4, -0.2) is 130 Å². The van der Waals surface area contributed by atoms with Crippen molar-refractivity contribution in [3.8, 4) is 0 Å². The highest BCUT2D eigenvalue weighted by atomic mass is 31.2. The molecule has 0 radical (unpaired) electrons. The lowest BCUT2D eigenvalue weighted by atomic mass is 9.96. The minimum atomic E-state index is -4.53. The molecule has 3 rings (SSSR count). The molecule has 1 saturated heterocycles. The predicted molar refractivity (Wildman–Crippen MR) is 193 cm³/mol. The predicted octanol–water partition coefficient (Wildman–Crippen LogP) is 1.63. The van der Waals surface area contributed by atoms with Gasteiger partial charge in [-0.05, 0) is 24.8 Å². The zero-order valence-corrected chi connectivity index (χ0v) is 33.5. The van der Waals surface area contributed by atoms with Crippen LogP contribution in [0.15, 0.2) is 30.3 Å². The number of nitrogens with one attached hydrogen (secondary N) is 3. The minimum absolute atomic E-state index is 0.0267. The first kappa shape index (κ1) is 47.0. The van der Waals surface area contributed by atoms with E-state index >= 15 is 0 Å². The summed E-state index contributed by atoms with van der Waals surface area (Å²) in [4.78, 5) is 83.1. The zero-order chi connectivity index (χ0) is 42.1. The average molecular weight is 834 g/mol. The van der Waals surface area contributed by atoms with Crippen molar-refractivity contribution in [1.82, 2.24) is 16.0 Å². The van der Waals surface area contributed by atoms with Gasteiger partial charge in [0.15, 0.2) is 18.5 Å². The number of hydrogen-bond donors (Lipinski definition) is 4. The Balaban J connectivity index is 1.56. The van der Waals surface area contributed by atoms with Crippen molar-refractivity contribution in [2.24, 2.45) is 5.92 Å². The highest BCUT2D eigenvalue weighted by molar-refractivity contribution is 7.47. The summed E-state index contributed by atoms with van der Waals surface area (Å²) in [5.74, 6) is -3.36. The molecule has 3 amide bonds. The SMILES string of the molecule is CO[C@H]1C(OP(=O)(O)OC)[C@@H](COC(=O)OCc2ccccc2)C[C@@H]1NC(=O)NCCCCO[C@@H]1O[C@H](COC(C)=O)[C@H](OC(C)=O)[C@H](OC(C)=O)[C@H]1NC(C)=O. The fraction of sp³-hybridized carbons (Fsp3) is 0.657. The van der Waals surface area contributed by atoms with E-state index in [9.17, 15) is 38.2 Å².